The molecule has 1 aliphatic heterocycles. The van der Waals surface area contributed by atoms with Gasteiger partial charge in [0.05, 0.1) is 36.4 Å². The van der Waals surface area contributed by atoms with Crippen LogP contribution in [0.25, 0.3) is 0 Å². The standard InChI is InChI=1S/C57H69B3N12O9/c1-37(2)28-49(70-52(73)43(31-40-16-10-7-11-17-40)67-55(76)46-34-61-22-25-64-46)58-79-59(50(29-38(3)4)71-53(74)44(32-41-18-12-8-13-19-41)68-56(77)47-35-62-23-26-65-47)81-60(80-58)51(30-39(5)6)72-54(75)45(33-42-20-14-9-15-21-42)69-57(78)48-36-63-24-27-66-48/h7-27,34-39,43-45,49-51H,28-33H2,1-6H3,(H,67,76)(H,68,77)(H,69,78)(H,70,73)(H,71,74)(H,72,75)/t43-,44-,45-,49-,50-,51?/m0/s1. The predicted octanol–water partition coefficient (Wildman–Crippen LogP) is 4.22. The van der Waals surface area contributed by atoms with Gasteiger partial charge >= 0.3 is 21.4 Å². The van der Waals surface area contributed by atoms with Crippen LogP contribution in [-0.2, 0) is 47.4 Å². The molecule has 1 aliphatic rings. The van der Waals surface area contributed by atoms with Crippen molar-refractivity contribution in [2.75, 3.05) is 0 Å². The van der Waals surface area contributed by atoms with Crippen LogP contribution >= 0.6 is 0 Å². The maximum Gasteiger partial charge on any atom is 0.453 e. The van der Waals surface area contributed by atoms with E-state index < -0.39 is 92.7 Å². The maximum atomic E-state index is 14.9. The first-order valence-electron chi connectivity index (χ1n) is 27.3. The Hall–Kier alpha value is -8.21. The predicted molar refractivity (Wildman–Crippen MR) is 305 cm³/mol. The first-order chi connectivity index (χ1) is 39.1. The second-order valence-corrected chi connectivity index (χ2v) is 21.2. The fraction of sp³-hybridized carbons (Fsp3) is 0.368. The zero-order valence-electron chi connectivity index (χ0n) is 46.4. The number of rotatable bonds is 27. The molecule has 81 heavy (non-hydrogen) atoms. The van der Waals surface area contributed by atoms with Gasteiger partial charge in [-0.15, -0.1) is 0 Å². The van der Waals surface area contributed by atoms with E-state index in [0.29, 0.717) is 0 Å². The number of benzene rings is 3. The maximum absolute atomic E-state index is 14.9. The molecule has 7 rings (SSSR count). The van der Waals surface area contributed by atoms with Gasteiger partial charge in [-0.25, -0.2) is 15.0 Å². The number of carbonyl (C=O) groups excluding carboxylic acids is 6. The van der Waals surface area contributed by atoms with Crippen molar-refractivity contribution in [3.8, 4) is 0 Å². The van der Waals surface area contributed by atoms with E-state index in [1.54, 1.807) is 0 Å². The minimum Gasteiger partial charge on any atom is -0.450 e. The van der Waals surface area contributed by atoms with E-state index in [9.17, 15) is 28.8 Å². The summed E-state index contributed by atoms with van der Waals surface area (Å²) >= 11 is 0. The third-order valence-corrected chi connectivity index (χ3v) is 13.1. The Balaban J connectivity index is 1.25. The van der Waals surface area contributed by atoms with Gasteiger partial charge in [-0.3, -0.25) is 43.7 Å². The molecule has 3 aromatic carbocycles. The zero-order chi connectivity index (χ0) is 57.7. The Morgan fingerprint density at radius 2 is 0.642 bits per heavy atom. The van der Waals surface area contributed by atoms with Crippen molar-refractivity contribution < 1.29 is 42.5 Å². The molecule has 420 valence electrons. The molecule has 6 aromatic rings. The molecule has 0 aliphatic carbocycles. The molecular formula is C57H69B3N12O9. The number of carbonyl (C=O) groups is 6. The molecule has 6 atom stereocenters. The Bertz CT molecular complexity index is 2630. The van der Waals surface area contributed by atoms with E-state index in [-0.39, 0.29) is 73.4 Å². The van der Waals surface area contributed by atoms with Crippen molar-refractivity contribution in [3.63, 3.8) is 0 Å². The molecule has 0 radical (unpaired) electrons. The fourth-order valence-corrected chi connectivity index (χ4v) is 9.27. The molecular weight excluding hydrogens is 1030 g/mol. The summed E-state index contributed by atoms with van der Waals surface area (Å²) in [4.78, 5) is 110. The van der Waals surface area contributed by atoms with Crippen LogP contribution in [0.15, 0.2) is 147 Å². The van der Waals surface area contributed by atoms with E-state index in [1.165, 1.54) is 55.8 Å². The highest BCUT2D eigenvalue weighted by Crippen LogP contribution is 2.25. The zero-order valence-corrected chi connectivity index (χ0v) is 46.4. The van der Waals surface area contributed by atoms with Crippen molar-refractivity contribution in [3.05, 3.63) is 181 Å². The summed E-state index contributed by atoms with van der Waals surface area (Å²) in [5.74, 6) is -6.54. The van der Waals surface area contributed by atoms with Gasteiger partial charge in [0.1, 0.15) is 35.2 Å². The monoisotopic (exact) mass is 1100 g/mol. The van der Waals surface area contributed by atoms with Gasteiger partial charge in [0.2, 0.25) is 17.7 Å². The van der Waals surface area contributed by atoms with Gasteiger partial charge in [-0.1, -0.05) is 133 Å². The quantitative estimate of drug-likeness (QED) is 0.0394. The van der Waals surface area contributed by atoms with Crippen LogP contribution in [0.2, 0.25) is 0 Å². The van der Waals surface area contributed by atoms with Crippen LogP contribution in [0.4, 0.5) is 0 Å². The van der Waals surface area contributed by atoms with Crippen molar-refractivity contribution in [2.24, 2.45) is 17.8 Å². The van der Waals surface area contributed by atoms with Crippen LogP contribution in [-0.4, -0.2) is 123 Å². The van der Waals surface area contributed by atoms with E-state index in [0.717, 1.165) is 16.7 Å². The first kappa shape index (κ1) is 60.4. The van der Waals surface area contributed by atoms with Gasteiger partial charge in [-0.2, -0.15) is 0 Å². The van der Waals surface area contributed by atoms with Gasteiger partial charge < -0.3 is 45.6 Å². The lowest BCUT2D eigenvalue weighted by molar-refractivity contribution is -0.124. The number of nitrogens with zero attached hydrogens (tertiary/aromatic N) is 6. The highest BCUT2D eigenvalue weighted by molar-refractivity contribution is 6.75. The minimum absolute atomic E-state index is 0.0129. The van der Waals surface area contributed by atoms with Gasteiger partial charge in [-0.05, 0) is 53.7 Å². The minimum atomic E-state index is -1.31. The smallest absolute Gasteiger partial charge is 0.450 e. The summed E-state index contributed by atoms with van der Waals surface area (Å²) in [6.07, 6.45) is 13.6. The summed E-state index contributed by atoms with van der Waals surface area (Å²) < 4.78 is 20.6. The molecule has 3 aromatic heterocycles. The fourth-order valence-electron chi connectivity index (χ4n) is 9.27. The van der Waals surface area contributed by atoms with Crippen molar-refractivity contribution >= 4 is 56.8 Å². The summed E-state index contributed by atoms with van der Waals surface area (Å²) in [6.45, 7) is 11.8. The molecule has 0 bridgehead atoms. The van der Waals surface area contributed by atoms with Crippen molar-refractivity contribution in [1.29, 1.82) is 0 Å². The number of nitrogens with one attached hydrogen (secondary N) is 6. The van der Waals surface area contributed by atoms with Crippen molar-refractivity contribution in [1.82, 2.24) is 61.8 Å². The summed E-state index contributed by atoms with van der Waals surface area (Å²) in [6, 6.07) is 24.3. The molecule has 1 fully saturated rings. The molecule has 1 saturated heterocycles. The lowest BCUT2D eigenvalue weighted by atomic mass is 9.58. The molecule has 1 unspecified atom stereocenters. The second-order valence-electron chi connectivity index (χ2n) is 21.2. The number of amides is 6. The molecule has 21 nitrogen and oxygen atoms in total. The Kier molecular flexibility index (Phi) is 22.7. The van der Waals surface area contributed by atoms with Crippen LogP contribution in [0.1, 0.15) is 109 Å². The van der Waals surface area contributed by atoms with E-state index in [2.05, 4.69) is 61.8 Å². The normalized spacial score (nSPS) is 14.7. The highest BCUT2D eigenvalue weighted by atomic mass is 16.7. The average molecular weight is 1100 g/mol. The summed E-state index contributed by atoms with van der Waals surface area (Å²) in [5, 5.41) is 18.0. The first-order valence-corrected chi connectivity index (χ1v) is 27.3. The lowest BCUT2D eigenvalue weighted by Gasteiger charge is -2.41. The Labute approximate surface area is 473 Å². The molecule has 0 spiro atoms. The third-order valence-electron chi connectivity index (χ3n) is 13.1. The van der Waals surface area contributed by atoms with Gasteiger partial charge in [0, 0.05) is 56.4 Å². The lowest BCUT2D eigenvalue weighted by Crippen LogP contribution is -2.69. The largest absolute Gasteiger partial charge is 0.453 e. The van der Waals surface area contributed by atoms with Crippen molar-refractivity contribution in [2.45, 2.75) is 116 Å². The Morgan fingerprint density at radius 1 is 0.383 bits per heavy atom. The van der Waals surface area contributed by atoms with Crippen LogP contribution < -0.4 is 31.9 Å². The highest BCUT2D eigenvalue weighted by Gasteiger charge is 2.52. The second kappa shape index (κ2) is 30.4. The molecule has 4 heterocycles. The van der Waals surface area contributed by atoms with Gasteiger partial charge in [0.15, 0.2) is 0 Å². The number of aromatic nitrogens is 6. The van der Waals surface area contributed by atoms with E-state index in [1.807, 2.05) is 133 Å². The van der Waals surface area contributed by atoms with E-state index >= 15 is 0 Å². The number of hydrogen-bond donors (Lipinski definition) is 6. The topological polar surface area (TPSA) is 280 Å². The number of hydrogen-bond acceptors (Lipinski definition) is 15. The average Bonchev–Trinajstić information content (AvgIpc) is 3.50. The molecule has 0 saturated carbocycles. The molecule has 6 amide bonds. The van der Waals surface area contributed by atoms with Gasteiger partial charge in [0.25, 0.3) is 17.7 Å². The van der Waals surface area contributed by atoms with Crippen LogP contribution in [0, 0.1) is 17.8 Å². The molecule has 24 heteroatoms. The third kappa shape index (κ3) is 19.0. The van der Waals surface area contributed by atoms with E-state index in [4.69, 9.17) is 13.7 Å². The van der Waals surface area contributed by atoms with Crippen LogP contribution in [0.3, 0.4) is 0 Å². The Morgan fingerprint density at radius 3 is 0.864 bits per heavy atom. The summed E-state index contributed by atoms with van der Waals surface area (Å²) in [5.41, 5.74) is 2.35. The summed E-state index contributed by atoms with van der Waals surface area (Å²) in [7, 11) is -3.92. The molecule has 6 N–H and O–H groups in total. The van der Waals surface area contributed by atoms with Crippen LogP contribution in [0.5, 0.6) is 0 Å². The SMILES string of the molecule is CC(C)CC(NC(=O)[C@H](Cc1ccccc1)NC(=O)c1cnccn1)B1OB([C@H](CC(C)C)NC(=O)[C@H](Cc2ccccc2)NC(=O)c2cnccn2)OB([C@H](CC(C)C)NC(=O)[C@H](Cc2ccccc2)NC(=O)c2cnccn2)O1.